The lowest BCUT2D eigenvalue weighted by Crippen LogP contribution is -2.06. The van der Waals surface area contributed by atoms with Gasteiger partial charge in [0, 0.05) is 29.8 Å². The van der Waals surface area contributed by atoms with Crippen LogP contribution in [0.5, 0.6) is 5.75 Å². The Morgan fingerprint density at radius 2 is 1.96 bits per heavy atom. The Bertz CT molecular complexity index is 897. The molecule has 0 unspecified atom stereocenters. The van der Waals surface area contributed by atoms with Crippen molar-refractivity contribution in [2.75, 3.05) is 5.32 Å². The van der Waals surface area contributed by atoms with Crippen LogP contribution in [0.25, 0.3) is 11.0 Å². The zero-order valence-corrected chi connectivity index (χ0v) is 13.2. The number of phenols is 1. The molecule has 0 amide bonds. The van der Waals surface area contributed by atoms with Crippen LogP contribution in [0.1, 0.15) is 30.9 Å². The van der Waals surface area contributed by atoms with Crippen LogP contribution >= 0.6 is 0 Å². The zero-order chi connectivity index (χ0) is 16.4. The number of phenolic OH excluding ortho intramolecular Hbond substituents is 1. The van der Waals surface area contributed by atoms with E-state index in [-0.39, 0.29) is 5.75 Å². The van der Waals surface area contributed by atoms with E-state index in [1.165, 1.54) is 17.7 Å². The summed E-state index contributed by atoms with van der Waals surface area (Å²) in [5.41, 5.74) is 3.08. The molecule has 0 radical (unpaired) electrons. The van der Waals surface area contributed by atoms with Crippen LogP contribution in [0, 0.1) is 0 Å². The van der Waals surface area contributed by atoms with E-state index in [2.05, 4.69) is 31.3 Å². The number of rotatable bonds is 4. The lowest BCUT2D eigenvalue weighted by atomic mass is 10.0. The lowest BCUT2D eigenvalue weighted by molar-refractivity contribution is 0.473. The van der Waals surface area contributed by atoms with Crippen LogP contribution in [-0.4, -0.2) is 5.11 Å². The second kappa shape index (κ2) is 6.16. The highest BCUT2D eigenvalue weighted by Crippen LogP contribution is 2.23. The molecule has 0 aliphatic heterocycles. The first kappa shape index (κ1) is 15.2. The molecule has 4 heteroatoms. The molecule has 118 valence electrons. The molecule has 0 bridgehead atoms. The number of hydrogen-bond acceptors (Lipinski definition) is 4. The average molecular weight is 309 g/mol. The van der Waals surface area contributed by atoms with E-state index in [1.807, 2.05) is 12.1 Å². The summed E-state index contributed by atoms with van der Waals surface area (Å²) in [7, 11) is 0. The number of hydrogen-bond donors (Lipinski definition) is 2. The van der Waals surface area contributed by atoms with Crippen molar-refractivity contribution >= 4 is 16.7 Å². The van der Waals surface area contributed by atoms with Gasteiger partial charge in [0.05, 0.1) is 0 Å². The largest absolute Gasteiger partial charge is 0.508 e. The highest BCUT2D eigenvalue weighted by atomic mass is 16.4. The fraction of sp³-hybridized carbons (Fsp3) is 0.211. The summed E-state index contributed by atoms with van der Waals surface area (Å²) in [5, 5.41) is 13.7. The monoisotopic (exact) mass is 309 g/mol. The maximum Gasteiger partial charge on any atom is 0.336 e. The van der Waals surface area contributed by atoms with E-state index in [0.29, 0.717) is 18.0 Å². The molecule has 3 aromatic rings. The van der Waals surface area contributed by atoms with Gasteiger partial charge < -0.3 is 14.8 Å². The summed E-state index contributed by atoms with van der Waals surface area (Å²) in [6.45, 7) is 4.82. The average Bonchev–Trinajstić information content (AvgIpc) is 2.52. The third-order valence-corrected chi connectivity index (χ3v) is 3.85. The minimum Gasteiger partial charge on any atom is -0.508 e. The quantitative estimate of drug-likeness (QED) is 0.708. The second-order valence-corrected chi connectivity index (χ2v) is 5.90. The Morgan fingerprint density at radius 3 is 2.74 bits per heavy atom. The molecule has 1 aromatic heterocycles. The maximum absolute atomic E-state index is 11.7. The van der Waals surface area contributed by atoms with E-state index in [0.717, 1.165) is 16.6 Å². The van der Waals surface area contributed by atoms with E-state index in [1.54, 1.807) is 12.1 Å². The molecular formula is C19H19NO3. The van der Waals surface area contributed by atoms with E-state index < -0.39 is 5.63 Å². The third kappa shape index (κ3) is 3.37. The Morgan fingerprint density at radius 1 is 1.13 bits per heavy atom. The Hall–Kier alpha value is -2.75. The van der Waals surface area contributed by atoms with Gasteiger partial charge in [-0.25, -0.2) is 4.79 Å². The predicted molar refractivity (Wildman–Crippen MR) is 92.0 cm³/mol. The molecule has 4 nitrogen and oxygen atoms in total. The molecule has 2 aromatic carbocycles. The smallest absolute Gasteiger partial charge is 0.336 e. The fourth-order valence-electron chi connectivity index (χ4n) is 2.57. The number of aromatic hydroxyl groups is 1. The molecular weight excluding hydrogens is 290 g/mol. The highest BCUT2D eigenvalue weighted by molar-refractivity contribution is 5.81. The lowest BCUT2D eigenvalue weighted by Gasteiger charge is -2.11. The summed E-state index contributed by atoms with van der Waals surface area (Å²) in [6.07, 6.45) is 0. The number of fused-ring (bicyclic) bond motifs is 1. The maximum atomic E-state index is 11.7. The first-order chi connectivity index (χ1) is 11.0. The summed E-state index contributed by atoms with van der Waals surface area (Å²) in [5.74, 6) is 0.541. The van der Waals surface area contributed by atoms with Gasteiger partial charge in [-0.2, -0.15) is 0 Å². The SMILES string of the molecule is CC(C)c1cccc(NCc2cc(=O)oc3cc(O)ccc23)c1. The third-order valence-electron chi connectivity index (χ3n) is 3.85. The van der Waals surface area contributed by atoms with Crippen molar-refractivity contribution in [3.8, 4) is 5.75 Å². The zero-order valence-electron chi connectivity index (χ0n) is 13.2. The summed E-state index contributed by atoms with van der Waals surface area (Å²) < 4.78 is 5.14. The predicted octanol–water partition coefficient (Wildman–Crippen LogP) is 4.23. The molecule has 0 saturated carbocycles. The van der Waals surface area contributed by atoms with E-state index in [9.17, 15) is 9.90 Å². The van der Waals surface area contributed by atoms with Crippen LogP contribution < -0.4 is 10.9 Å². The van der Waals surface area contributed by atoms with Gasteiger partial charge in [0.15, 0.2) is 0 Å². The van der Waals surface area contributed by atoms with Crippen molar-refractivity contribution in [3.05, 3.63) is 70.1 Å². The van der Waals surface area contributed by atoms with Gasteiger partial charge in [-0.15, -0.1) is 0 Å². The van der Waals surface area contributed by atoms with Crippen molar-refractivity contribution in [2.24, 2.45) is 0 Å². The molecule has 0 aliphatic carbocycles. The van der Waals surface area contributed by atoms with Gasteiger partial charge in [-0.3, -0.25) is 0 Å². The number of benzene rings is 2. The molecule has 23 heavy (non-hydrogen) atoms. The summed E-state index contributed by atoms with van der Waals surface area (Å²) in [6, 6.07) is 14.5. The molecule has 0 spiro atoms. The standard InChI is InChI=1S/C19H19NO3/c1-12(2)13-4-3-5-15(8-13)20-11-14-9-19(22)23-18-10-16(21)6-7-17(14)18/h3-10,12,20-21H,11H2,1-2H3. The second-order valence-electron chi connectivity index (χ2n) is 5.90. The molecule has 0 saturated heterocycles. The Labute approximate surface area is 134 Å². The topological polar surface area (TPSA) is 62.5 Å². The van der Waals surface area contributed by atoms with Gasteiger partial charge in [0.1, 0.15) is 11.3 Å². The number of nitrogens with one attached hydrogen (secondary N) is 1. The Balaban J connectivity index is 1.90. The van der Waals surface area contributed by atoms with Gasteiger partial charge in [0.2, 0.25) is 0 Å². The van der Waals surface area contributed by atoms with Gasteiger partial charge in [0.25, 0.3) is 0 Å². The van der Waals surface area contributed by atoms with Crippen molar-refractivity contribution in [1.29, 1.82) is 0 Å². The summed E-state index contributed by atoms with van der Waals surface area (Å²) >= 11 is 0. The van der Waals surface area contributed by atoms with Crippen LogP contribution in [0.2, 0.25) is 0 Å². The van der Waals surface area contributed by atoms with Crippen LogP contribution in [0.15, 0.2) is 57.7 Å². The van der Waals surface area contributed by atoms with E-state index in [4.69, 9.17) is 4.42 Å². The van der Waals surface area contributed by atoms with Crippen molar-refractivity contribution in [3.63, 3.8) is 0 Å². The molecule has 2 N–H and O–H groups in total. The molecule has 3 rings (SSSR count). The minimum atomic E-state index is -0.421. The summed E-state index contributed by atoms with van der Waals surface area (Å²) in [4.78, 5) is 11.7. The molecule has 0 fully saturated rings. The molecule has 0 aliphatic rings. The minimum absolute atomic E-state index is 0.0791. The first-order valence-electron chi connectivity index (χ1n) is 7.62. The highest BCUT2D eigenvalue weighted by Gasteiger charge is 2.07. The van der Waals surface area contributed by atoms with Crippen LogP contribution in [0.4, 0.5) is 5.69 Å². The fourth-order valence-corrected chi connectivity index (χ4v) is 2.57. The Kier molecular flexibility index (Phi) is 4.06. The normalized spacial score (nSPS) is 11.1. The van der Waals surface area contributed by atoms with E-state index >= 15 is 0 Å². The van der Waals surface area contributed by atoms with Crippen molar-refractivity contribution < 1.29 is 9.52 Å². The van der Waals surface area contributed by atoms with Gasteiger partial charge >= 0.3 is 5.63 Å². The van der Waals surface area contributed by atoms with Crippen LogP contribution in [-0.2, 0) is 6.54 Å². The first-order valence-corrected chi connectivity index (χ1v) is 7.62. The van der Waals surface area contributed by atoms with Crippen LogP contribution in [0.3, 0.4) is 0 Å². The number of anilines is 1. The van der Waals surface area contributed by atoms with Crippen molar-refractivity contribution in [1.82, 2.24) is 0 Å². The molecule has 0 atom stereocenters. The molecule has 1 heterocycles. The van der Waals surface area contributed by atoms with Gasteiger partial charge in [-0.05, 0) is 41.3 Å². The van der Waals surface area contributed by atoms with Crippen molar-refractivity contribution in [2.45, 2.75) is 26.3 Å². The van der Waals surface area contributed by atoms with Gasteiger partial charge in [-0.1, -0.05) is 26.0 Å².